The van der Waals surface area contributed by atoms with Gasteiger partial charge in [0.15, 0.2) is 11.6 Å². The minimum Gasteiger partial charge on any atom is -0.466 e. The van der Waals surface area contributed by atoms with Crippen molar-refractivity contribution in [2.45, 2.75) is 19.3 Å². The summed E-state index contributed by atoms with van der Waals surface area (Å²) in [5.41, 5.74) is 8.33. The number of nitrogens with two attached hydrogens (primary N) is 1. The van der Waals surface area contributed by atoms with E-state index in [-0.39, 0.29) is 18.2 Å². The summed E-state index contributed by atoms with van der Waals surface area (Å²) in [7, 11) is 0. The molecule has 1 aliphatic rings. The van der Waals surface area contributed by atoms with Crippen LogP contribution in [-0.2, 0) is 9.53 Å². The molecule has 0 bridgehead atoms. The average Bonchev–Trinajstić information content (AvgIpc) is 2.87. The van der Waals surface area contributed by atoms with E-state index in [9.17, 15) is 9.59 Å². The summed E-state index contributed by atoms with van der Waals surface area (Å²) in [4.78, 5) is 28.3. The largest absolute Gasteiger partial charge is 0.466 e. The molecule has 3 N–H and O–H groups in total. The number of nitrogens with zero attached hydrogens (tertiary/aromatic N) is 1. The molecule has 1 aromatic carbocycles. The van der Waals surface area contributed by atoms with Crippen molar-refractivity contribution in [3.05, 3.63) is 47.7 Å². The summed E-state index contributed by atoms with van der Waals surface area (Å²) < 4.78 is 5.04. The van der Waals surface area contributed by atoms with Crippen LogP contribution >= 0.6 is 0 Å². The van der Waals surface area contributed by atoms with Crippen LogP contribution in [0.4, 0.5) is 17.2 Å². The van der Waals surface area contributed by atoms with Gasteiger partial charge in [-0.1, -0.05) is 6.07 Å². The van der Waals surface area contributed by atoms with Crippen LogP contribution in [0.3, 0.4) is 0 Å². The summed E-state index contributed by atoms with van der Waals surface area (Å²) in [6.45, 7) is 2.05. The highest BCUT2D eigenvalue weighted by molar-refractivity contribution is 6.06. The number of aromatic nitrogens is 1. The van der Waals surface area contributed by atoms with E-state index in [2.05, 4.69) is 10.3 Å². The lowest BCUT2D eigenvalue weighted by Gasteiger charge is -2.11. The molecule has 6 heteroatoms. The zero-order valence-electron chi connectivity index (χ0n) is 12.7. The summed E-state index contributed by atoms with van der Waals surface area (Å²) in [6.07, 6.45) is 1.79. The van der Waals surface area contributed by atoms with Gasteiger partial charge < -0.3 is 15.8 Å². The number of pyridine rings is 1. The SMILES string of the molecule is CCOC(=O)[C@@H]1CC(=O)c2cc(Nc3ncccc3N)ccc21. The van der Waals surface area contributed by atoms with Crippen molar-refractivity contribution in [2.75, 3.05) is 17.7 Å². The number of benzene rings is 1. The highest BCUT2D eigenvalue weighted by atomic mass is 16.5. The number of Topliss-reactive ketones (excluding diaryl/α,β-unsaturated/α-hetero) is 1. The molecule has 1 atom stereocenters. The van der Waals surface area contributed by atoms with Gasteiger partial charge in [0.05, 0.1) is 18.2 Å². The van der Waals surface area contributed by atoms with Crippen molar-refractivity contribution in [3.8, 4) is 0 Å². The maximum absolute atomic E-state index is 12.2. The number of carbonyl (C=O) groups is 2. The van der Waals surface area contributed by atoms with Crippen molar-refractivity contribution >= 4 is 28.9 Å². The molecule has 0 amide bonds. The molecule has 1 heterocycles. The summed E-state index contributed by atoms with van der Waals surface area (Å²) in [5.74, 6) is -0.392. The average molecular weight is 311 g/mol. The first-order valence-corrected chi connectivity index (χ1v) is 7.41. The molecule has 0 spiro atoms. The number of esters is 1. The second-order valence-corrected chi connectivity index (χ2v) is 5.30. The summed E-state index contributed by atoms with van der Waals surface area (Å²) in [6, 6.07) is 8.80. The fraction of sp³-hybridized carbons (Fsp3) is 0.235. The van der Waals surface area contributed by atoms with E-state index in [0.717, 1.165) is 0 Å². The fourth-order valence-corrected chi connectivity index (χ4v) is 2.70. The molecule has 1 aliphatic carbocycles. The zero-order valence-corrected chi connectivity index (χ0v) is 12.7. The first kappa shape index (κ1) is 15.0. The molecule has 0 aliphatic heterocycles. The molecule has 3 rings (SSSR count). The Labute approximate surface area is 133 Å². The normalized spacial score (nSPS) is 16.0. The molecule has 0 fully saturated rings. The van der Waals surface area contributed by atoms with Crippen LogP contribution < -0.4 is 11.1 Å². The molecule has 0 unspecified atom stereocenters. The number of fused-ring (bicyclic) bond motifs is 1. The van der Waals surface area contributed by atoms with Gasteiger partial charge in [0.2, 0.25) is 0 Å². The predicted octanol–water partition coefficient (Wildman–Crippen LogP) is 2.64. The van der Waals surface area contributed by atoms with E-state index in [0.29, 0.717) is 34.9 Å². The zero-order chi connectivity index (χ0) is 16.4. The number of ketones is 1. The van der Waals surface area contributed by atoms with E-state index in [4.69, 9.17) is 10.5 Å². The molecule has 118 valence electrons. The number of anilines is 3. The van der Waals surface area contributed by atoms with Gasteiger partial charge >= 0.3 is 5.97 Å². The van der Waals surface area contributed by atoms with Gasteiger partial charge in [-0.2, -0.15) is 0 Å². The predicted molar refractivity (Wildman–Crippen MR) is 86.7 cm³/mol. The summed E-state index contributed by atoms with van der Waals surface area (Å²) in [5, 5.41) is 3.09. The monoisotopic (exact) mass is 311 g/mol. The number of ether oxygens (including phenoxy) is 1. The van der Waals surface area contributed by atoms with Gasteiger partial charge in [0, 0.05) is 23.9 Å². The fourth-order valence-electron chi connectivity index (χ4n) is 2.70. The first-order valence-electron chi connectivity index (χ1n) is 7.41. The molecular weight excluding hydrogens is 294 g/mol. The molecular formula is C17H17N3O3. The number of hydrogen-bond acceptors (Lipinski definition) is 6. The van der Waals surface area contributed by atoms with Crippen LogP contribution in [0, 0.1) is 0 Å². The van der Waals surface area contributed by atoms with E-state index >= 15 is 0 Å². The molecule has 1 aromatic heterocycles. The minimum atomic E-state index is -0.508. The Morgan fingerprint density at radius 3 is 3.00 bits per heavy atom. The Balaban J connectivity index is 1.88. The van der Waals surface area contributed by atoms with Crippen LogP contribution in [0.2, 0.25) is 0 Å². The van der Waals surface area contributed by atoms with Gasteiger partial charge in [0.1, 0.15) is 0 Å². The smallest absolute Gasteiger partial charge is 0.313 e. The molecule has 0 radical (unpaired) electrons. The van der Waals surface area contributed by atoms with Crippen molar-refractivity contribution in [3.63, 3.8) is 0 Å². The number of nitrogen functional groups attached to an aromatic ring is 1. The van der Waals surface area contributed by atoms with Gasteiger partial charge in [-0.3, -0.25) is 9.59 Å². The number of rotatable bonds is 4. The van der Waals surface area contributed by atoms with Gasteiger partial charge in [-0.05, 0) is 36.8 Å². The van der Waals surface area contributed by atoms with Crippen molar-refractivity contribution in [2.24, 2.45) is 0 Å². The van der Waals surface area contributed by atoms with E-state index in [1.807, 2.05) is 0 Å². The van der Waals surface area contributed by atoms with Crippen LogP contribution in [-0.4, -0.2) is 23.3 Å². The third-order valence-electron chi connectivity index (χ3n) is 3.79. The van der Waals surface area contributed by atoms with E-state index in [1.54, 1.807) is 43.5 Å². The van der Waals surface area contributed by atoms with Crippen LogP contribution in [0.25, 0.3) is 0 Å². The van der Waals surface area contributed by atoms with E-state index in [1.165, 1.54) is 0 Å². The lowest BCUT2D eigenvalue weighted by atomic mass is 10.0. The highest BCUT2D eigenvalue weighted by Crippen LogP contribution is 2.36. The Hall–Kier alpha value is -2.89. The number of carbonyl (C=O) groups excluding carboxylic acids is 2. The topological polar surface area (TPSA) is 94.3 Å². The Morgan fingerprint density at radius 2 is 2.26 bits per heavy atom. The number of hydrogen-bond donors (Lipinski definition) is 2. The lowest BCUT2D eigenvalue weighted by Crippen LogP contribution is -2.13. The van der Waals surface area contributed by atoms with Crippen LogP contribution in [0.1, 0.15) is 35.2 Å². The van der Waals surface area contributed by atoms with E-state index < -0.39 is 5.92 Å². The third kappa shape index (κ3) is 2.88. The first-order chi connectivity index (χ1) is 11.1. The van der Waals surface area contributed by atoms with Gasteiger partial charge in [-0.15, -0.1) is 0 Å². The van der Waals surface area contributed by atoms with Crippen molar-refractivity contribution in [1.82, 2.24) is 4.98 Å². The van der Waals surface area contributed by atoms with Crippen LogP contribution in [0.5, 0.6) is 0 Å². The molecule has 0 saturated heterocycles. The maximum atomic E-state index is 12.2. The highest BCUT2D eigenvalue weighted by Gasteiger charge is 2.35. The Kier molecular flexibility index (Phi) is 3.97. The van der Waals surface area contributed by atoms with Gasteiger partial charge in [-0.25, -0.2) is 4.98 Å². The standard InChI is InChI=1S/C17H17N3O3/c1-2-23-17(22)13-9-15(21)12-8-10(5-6-11(12)13)20-16-14(18)4-3-7-19-16/h3-8,13H,2,9,18H2,1H3,(H,19,20)/t13-/m1/s1. The minimum absolute atomic E-state index is 0.0595. The third-order valence-corrected chi connectivity index (χ3v) is 3.79. The van der Waals surface area contributed by atoms with Crippen LogP contribution in [0.15, 0.2) is 36.5 Å². The van der Waals surface area contributed by atoms with Gasteiger partial charge in [0.25, 0.3) is 0 Å². The number of nitrogens with one attached hydrogen (secondary N) is 1. The molecule has 6 nitrogen and oxygen atoms in total. The maximum Gasteiger partial charge on any atom is 0.313 e. The Bertz CT molecular complexity index is 773. The Morgan fingerprint density at radius 1 is 1.43 bits per heavy atom. The lowest BCUT2D eigenvalue weighted by molar-refractivity contribution is -0.144. The molecule has 23 heavy (non-hydrogen) atoms. The second-order valence-electron chi connectivity index (χ2n) is 5.30. The van der Waals surface area contributed by atoms with Crippen molar-refractivity contribution in [1.29, 1.82) is 0 Å². The molecule has 0 saturated carbocycles. The second kappa shape index (κ2) is 6.08. The van der Waals surface area contributed by atoms with Crippen molar-refractivity contribution < 1.29 is 14.3 Å². The summed E-state index contributed by atoms with van der Waals surface area (Å²) >= 11 is 0. The molecule has 2 aromatic rings. The quantitative estimate of drug-likeness (QED) is 0.843.